The van der Waals surface area contributed by atoms with Gasteiger partial charge in [0.15, 0.2) is 0 Å². The fourth-order valence-corrected chi connectivity index (χ4v) is 2.69. The van der Waals surface area contributed by atoms with Gasteiger partial charge in [-0.3, -0.25) is 10.1 Å². The Labute approximate surface area is 119 Å². The number of nitrogens with one attached hydrogen (secondary N) is 1. The van der Waals surface area contributed by atoms with E-state index in [1.165, 1.54) is 17.0 Å². The Kier molecular flexibility index (Phi) is 3.39. The third kappa shape index (κ3) is 2.65. The predicted molar refractivity (Wildman–Crippen MR) is 78.8 cm³/mol. The first-order valence-electron chi connectivity index (χ1n) is 6.03. The van der Waals surface area contributed by atoms with E-state index >= 15 is 0 Å². The monoisotopic (exact) mass is 285 g/mol. The second-order valence-corrected chi connectivity index (χ2v) is 5.29. The molecule has 0 amide bonds. The lowest BCUT2D eigenvalue weighted by Crippen LogP contribution is -1.86. The van der Waals surface area contributed by atoms with Gasteiger partial charge in [0.25, 0.3) is 5.69 Å². The Morgan fingerprint density at radius 1 is 1.20 bits per heavy atom. The molecule has 0 fully saturated rings. The fraction of sp³-hybridized carbons (Fsp3) is 0.0714. The number of nitrogens with zero attached hydrogens (tertiary/aromatic N) is 2. The van der Waals surface area contributed by atoms with Crippen LogP contribution in [0.25, 0.3) is 11.0 Å². The summed E-state index contributed by atoms with van der Waals surface area (Å²) in [6, 6.07) is 14.7. The van der Waals surface area contributed by atoms with Gasteiger partial charge in [-0.25, -0.2) is 4.98 Å². The number of rotatable bonds is 4. The third-order valence-electron chi connectivity index (χ3n) is 2.84. The predicted octanol–water partition coefficient (Wildman–Crippen LogP) is 3.76. The summed E-state index contributed by atoms with van der Waals surface area (Å²) in [4.78, 5) is 19.0. The molecule has 0 bridgehead atoms. The Bertz CT molecular complexity index is 755. The minimum absolute atomic E-state index is 0.0726. The van der Waals surface area contributed by atoms with Crippen molar-refractivity contribution in [2.24, 2.45) is 0 Å². The van der Waals surface area contributed by atoms with Crippen LogP contribution in [0.4, 0.5) is 5.69 Å². The summed E-state index contributed by atoms with van der Waals surface area (Å²) in [5.74, 6) is 1.52. The van der Waals surface area contributed by atoms with E-state index < -0.39 is 4.92 Å². The van der Waals surface area contributed by atoms with E-state index in [1.54, 1.807) is 17.8 Å². The number of aromatic nitrogens is 2. The molecule has 0 spiro atoms. The van der Waals surface area contributed by atoms with Crippen molar-refractivity contribution in [2.45, 2.75) is 10.6 Å². The van der Waals surface area contributed by atoms with Crippen molar-refractivity contribution >= 4 is 28.5 Å². The molecule has 0 saturated heterocycles. The number of nitro groups is 1. The minimum Gasteiger partial charge on any atom is -0.341 e. The van der Waals surface area contributed by atoms with Gasteiger partial charge in [-0.05, 0) is 18.2 Å². The van der Waals surface area contributed by atoms with E-state index in [4.69, 9.17) is 0 Å². The van der Waals surface area contributed by atoms with Gasteiger partial charge in [0, 0.05) is 17.0 Å². The highest BCUT2D eigenvalue weighted by Crippen LogP contribution is 2.24. The van der Waals surface area contributed by atoms with Gasteiger partial charge in [0.05, 0.1) is 21.7 Å². The maximum absolute atomic E-state index is 10.7. The molecule has 1 aromatic heterocycles. The zero-order valence-corrected chi connectivity index (χ0v) is 11.3. The summed E-state index contributed by atoms with van der Waals surface area (Å²) in [6.07, 6.45) is 0. The lowest BCUT2D eigenvalue weighted by molar-refractivity contribution is -0.384. The normalized spacial score (nSPS) is 10.8. The van der Waals surface area contributed by atoms with Crippen molar-refractivity contribution in [3.05, 3.63) is 64.5 Å². The SMILES string of the molecule is O=[N+]([O-])c1ccc2nc(CSc3ccccc3)[nH]c2c1. The number of non-ortho nitro benzene ring substituents is 1. The van der Waals surface area contributed by atoms with Crippen molar-refractivity contribution in [3.8, 4) is 0 Å². The van der Waals surface area contributed by atoms with Crippen LogP contribution < -0.4 is 0 Å². The third-order valence-corrected chi connectivity index (χ3v) is 3.87. The van der Waals surface area contributed by atoms with Crippen LogP contribution >= 0.6 is 11.8 Å². The smallest absolute Gasteiger partial charge is 0.271 e. The van der Waals surface area contributed by atoms with Crippen molar-refractivity contribution in [3.63, 3.8) is 0 Å². The second-order valence-electron chi connectivity index (χ2n) is 4.24. The number of aromatic amines is 1. The summed E-state index contributed by atoms with van der Waals surface area (Å²) in [5, 5.41) is 10.7. The fourth-order valence-electron chi connectivity index (χ4n) is 1.90. The van der Waals surface area contributed by atoms with Crippen LogP contribution in [0.1, 0.15) is 5.82 Å². The molecule has 3 aromatic rings. The molecule has 1 N–H and O–H groups in total. The summed E-state index contributed by atoms with van der Waals surface area (Å²) < 4.78 is 0. The molecule has 0 aliphatic rings. The van der Waals surface area contributed by atoms with E-state index in [0.717, 1.165) is 11.3 Å². The summed E-state index contributed by atoms with van der Waals surface area (Å²) in [5.41, 5.74) is 1.52. The topological polar surface area (TPSA) is 71.8 Å². The Morgan fingerprint density at radius 3 is 2.75 bits per heavy atom. The lowest BCUT2D eigenvalue weighted by atomic mass is 10.3. The molecular weight excluding hydrogens is 274 g/mol. The average Bonchev–Trinajstić information content (AvgIpc) is 2.88. The first-order chi connectivity index (χ1) is 9.72. The van der Waals surface area contributed by atoms with Gasteiger partial charge in [0.2, 0.25) is 0 Å². The second kappa shape index (κ2) is 5.34. The first-order valence-corrected chi connectivity index (χ1v) is 7.02. The maximum Gasteiger partial charge on any atom is 0.271 e. The molecule has 2 aromatic carbocycles. The molecule has 5 nitrogen and oxygen atoms in total. The van der Waals surface area contributed by atoms with Gasteiger partial charge >= 0.3 is 0 Å². The van der Waals surface area contributed by atoms with Crippen LogP contribution in [-0.4, -0.2) is 14.9 Å². The molecule has 0 radical (unpaired) electrons. The van der Waals surface area contributed by atoms with Crippen LogP contribution in [0.3, 0.4) is 0 Å². The number of thioether (sulfide) groups is 1. The van der Waals surface area contributed by atoms with Crippen LogP contribution in [0.2, 0.25) is 0 Å². The Morgan fingerprint density at radius 2 is 2.00 bits per heavy atom. The van der Waals surface area contributed by atoms with Gasteiger partial charge in [-0.2, -0.15) is 0 Å². The zero-order valence-electron chi connectivity index (χ0n) is 10.4. The zero-order chi connectivity index (χ0) is 13.9. The number of benzene rings is 2. The highest BCUT2D eigenvalue weighted by molar-refractivity contribution is 7.98. The minimum atomic E-state index is -0.404. The molecule has 1 heterocycles. The summed E-state index contributed by atoms with van der Waals surface area (Å²) in [7, 11) is 0. The number of nitro benzene ring substituents is 1. The Balaban J connectivity index is 1.80. The van der Waals surface area contributed by atoms with E-state index in [1.807, 2.05) is 30.3 Å². The van der Waals surface area contributed by atoms with Crippen LogP contribution in [-0.2, 0) is 5.75 Å². The van der Waals surface area contributed by atoms with Gasteiger partial charge in [-0.1, -0.05) is 18.2 Å². The summed E-state index contributed by atoms with van der Waals surface area (Å²) in [6.45, 7) is 0. The van der Waals surface area contributed by atoms with Gasteiger partial charge in [-0.15, -0.1) is 11.8 Å². The highest BCUT2D eigenvalue weighted by Gasteiger charge is 2.09. The van der Waals surface area contributed by atoms with Crippen molar-refractivity contribution < 1.29 is 4.92 Å². The van der Waals surface area contributed by atoms with Crippen molar-refractivity contribution in [2.75, 3.05) is 0 Å². The van der Waals surface area contributed by atoms with Gasteiger partial charge in [0.1, 0.15) is 5.82 Å². The molecule has 0 saturated carbocycles. The number of hydrogen-bond acceptors (Lipinski definition) is 4. The molecule has 100 valence electrons. The highest BCUT2D eigenvalue weighted by atomic mass is 32.2. The molecule has 0 aliphatic heterocycles. The number of H-pyrrole nitrogens is 1. The Hall–Kier alpha value is -2.34. The standard InChI is InChI=1S/C14H11N3O2S/c18-17(19)10-6-7-12-13(8-10)16-14(15-12)9-20-11-4-2-1-3-5-11/h1-8H,9H2,(H,15,16). The molecule has 6 heteroatoms. The van der Waals surface area contributed by atoms with E-state index in [2.05, 4.69) is 9.97 Å². The van der Waals surface area contributed by atoms with Crippen molar-refractivity contribution in [1.29, 1.82) is 0 Å². The number of fused-ring (bicyclic) bond motifs is 1. The number of imidazole rings is 1. The molecule has 3 rings (SSSR count). The lowest BCUT2D eigenvalue weighted by Gasteiger charge is -1.97. The molecule has 0 aliphatic carbocycles. The molecular formula is C14H11N3O2S. The first kappa shape index (κ1) is 12.7. The van der Waals surface area contributed by atoms with E-state index in [9.17, 15) is 10.1 Å². The molecule has 0 unspecified atom stereocenters. The molecule has 0 atom stereocenters. The van der Waals surface area contributed by atoms with Crippen LogP contribution in [0.15, 0.2) is 53.4 Å². The summed E-state index contributed by atoms with van der Waals surface area (Å²) >= 11 is 1.67. The largest absolute Gasteiger partial charge is 0.341 e. The number of hydrogen-bond donors (Lipinski definition) is 1. The quantitative estimate of drug-likeness (QED) is 0.450. The van der Waals surface area contributed by atoms with Crippen molar-refractivity contribution in [1.82, 2.24) is 9.97 Å². The van der Waals surface area contributed by atoms with Crippen LogP contribution in [0.5, 0.6) is 0 Å². The maximum atomic E-state index is 10.7. The van der Waals surface area contributed by atoms with E-state index in [-0.39, 0.29) is 5.69 Å². The van der Waals surface area contributed by atoms with Gasteiger partial charge < -0.3 is 4.98 Å². The van der Waals surface area contributed by atoms with Crippen LogP contribution in [0, 0.1) is 10.1 Å². The van der Waals surface area contributed by atoms with E-state index in [0.29, 0.717) is 11.3 Å². The average molecular weight is 285 g/mol. The molecule has 20 heavy (non-hydrogen) atoms.